The van der Waals surface area contributed by atoms with E-state index in [-0.39, 0.29) is 6.10 Å². The second-order valence-corrected chi connectivity index (χ2v) is 5.94. The van der Waals surface area contributed by atoms with Crippen LogP contribution in [0.3, 0.4) is 0 Å². The Morgan fingerprint density at radius 1 is 1.28 bits per heavy atom. The monoisotopic (exact) mass is 259 g/mol. The third-order valence-electron chi connectivity index (χ3n) is 3.48. The number of hydrogen-bond donors (Lipinski definition) is 2. The summed E-state index contributed by atoms with van der Waals surface area (Å²) in [6.45, 7) is 9.43. The molecule has 0 aromatic heterocycles. The minimum absolute atomic E-state index is 0.239. The lowest BCUT2D eigenvalue weighted by Gasteiger charge is -2.38. The van der Waals surface area contributed by atoms with E-state index < -0.39 is 6.10 Å². The summed E-state index contributed by atoms with van der Waals surface area (Å²) in [7, 11) is 0. The molecule has 0 aromatic rings. The first-order valence-corrected chi connectivity index (χ1v) is 7.10. The molecule has 1 saturated carbocycles. The smallest absolute Gasteiger partial charge is 0.0897 e. The van der Waals surface area contributed by atoms with Gasteiger partial charge in [-0.15, -0.1) is 0 Å². The molecule has 0 heterocycles. The lowest BCUT2D eigenvalue weighted by Crippen LogP contribution is -2.41. The highest BCUT2D eigenvalue weighted by Crippen LogP contribution is 2.39. The Hall–Kier alpha value is -0.160. The van der Waals surface area contributed by atoms with Gasteiger partial charge >= 0.3 is 0 Å². The number of rotatable bonds is 10. The first-order chi connectivity index (χ1) is 8.52. The molecule has 1 aliphatic rings. The lowest BCUT2D eigenvalue weighted by molar-refractivity contribution is -0.0108. The van der Waals surface area contributed by atoms with E-state index in [0.29, 0.717) is 31.8 Å². The summed E-state index contributed by atoms with van der Waals surface area (Å²) in [4.78, 5) is 0. The average Bonchev–Trinajstić information content (AvgIpc) is 2.26. The largest absolute Gasteiger partial charge is 0.389 e. The maximum atomic E-state index is 9.72. The molecule has 0 radical (unpaired) electrons. The summed E-state index contributed by atoms with van der Waals surface area (Å²) in [6, 6.07) is 0. The molecule has 0 aromatic carbocycles. The zero-order chi connectivity index (χ0) is 13.4. The van der Waals surface area contributed by atoms with Crippen LogP contribution in [0.2, 0.25) is 0 Å². The van der Waals surface area contributed by atoms with E-state index in [9.17, 15) is 5.11 Å². The van der Waals surface area contributed by atoms with Crippen molar-refractivity contribution >= 4 is 0 Å². The van der Waals surface area contributed by atoms with Crippen molar-refractivity contribution in [1.82, 2.24) is 5.32 Å². The first-order valence-electron chi connectivity index (χ1n) is 7.10. The molecular formula is C14H29NO3. The first kappa shape index (κ1) is 15.9. The van der Waals surface area contributed by atoms with Crippen molar-refractivity contribution in [2.75, 3.05) is 32.9 Å². The summed E-state index contributed by atoms with van der Waals surface area (Å²) in [5.41, 5.74) is 0.464. The third kappa shape index (κ3) is 6.69. The van der Waals surface area contributed by atoms with Crippen molar-refractivity contribution in [3.05, 3.63) is 0 Å². The van der Waals surface area contributed by atoms with Crippen molar-refractivity contribution < 1.29 is 14.6 Å². The molecule has 1 unspecified atom stereocenters. The van der Waals surface area contributed by atoms with Crippen LogP contribution in [0.5, 0.6) is 0 Å². The molecule has 2 N–H and O–H groups in total. The normalized spacial score (nSPS) is 19.8. The van der Waals surface area contributed by atoms with Gasteiger partial charge in [-0.1, -0.05) is 13.3 Å². The van der Waals surface area contributed by atoms with Crippen LogP contribution in [0.15, 0.2) is 0 Å². The quantitative estimate of drug-likeness (QED) is 0.585. The zero-order valence-electron chi connectivity index (χ0n) is 12.1. The van der Waals surface area contributed by atoms with Gasteiger partial charge in [0, 0.05) is 13.1 Å². The Bertz CT molecular complexity index is 217. The van der Waals surface area contributed by atoms with Gasteiger partial charge in [-0.25, -0.2) is 0 Å². The summed E-state index contributed by atoms with van der Waals surface area (Å²) in [6.07, 6.45) is 3.77. The van der Waals surface area contributed by atoms with E-state index in [2.05, 4.69) is 12.2 Å². The van der Waals surface area contributed by atoms with Crippen LogP contribution in [0.25, 0.3) is 0 Å². The number of ether oxygens (including phenoxy) is 2. The fourth-order valence-corrected chi connectivity index (χ4v) is 2.12. The zero-order valence-corrected chi connectivity index (χ0v) is 12.1. The van der Waals surface area contributed by atoms with Gasteiger partial charge < -0.3 is 19.9 Å². The molecule has 108 valence electrons. The molecule has 1 rings (SSSR count). The maximum absolute atomic E-state index is 9.72. The minimum Gasteiger partial charge on any atom is -0.389 e. The van der Waals surface area contributed by atoms with Gasteiger partial charge in [0.2, 0.25) is 0 Å². The minimum atomic E-state index is -0.423. The summed E-state index contributed by atoms with van der Waals surface area (Å²) >= 11 is 0. The van der Waals surface area contributed by atoms with Crippen LogP contribution in [0.4, 0.5) is 0 Å². The molecule has 1 atom stereocenters. The van der Waals surface area contributed by atoms with Gasteiger partial charge in [-0.3, -0.25) is 0 Å². The molecule has 4 nitrogen and oxygen atoms in total. The van der Waals surface area contributed by atoms with Crippen LogP contribution in [0.1, 0.15) is 40.0 Å². The molecule has 0 aliphatic heterocycles. The van der Waals surface area contributed by atoms with Gasteiger partial charge in [-0.05, 0) is 32.1 Å². The van der Waals surface area contributed by atoms with Gasteiger partial charge in [0.15, 0.2) is 0 Å². The second-order valence-electron chi connectivity index (χ2n) is 5.94. The van der Waals surface area contributed by atoms with Gasteiger partial charge in [0.05, 0.1) is 32.0 Å². The van der Waals surface area contributed by atoms with E-state index in [0.717, 1.165) is 6.54 Å². The van der Waals surface area contributed by atoms with E-state index in [4.69, 9.17) is 9.47 Å². The Balaban J connectivity index is 1.89. The molecule has 1 aliphatic carbocycles. The van der Waals surface area contributed by atoms with Gasteiger partial charge in [0.1, 0.15) is 0 Å². The second kappa shape index (κ2) is 8.10. The predicted octanol–water partition coefficient (Wildman–Crippen LogP) is 1.57. The fourth-order valence-electron chi connectivity index (χ4n) is 2.12. The van der Waals surface area contributed by atoms with E-state index >= 15 is 0 Å². The highest BCUT2D eigenvalue weighted by atomic mass is 16.5. The SMILES string of the molecule is CC(C)OCCOCC(O)CNCC1(C)CCC1. The lowest BCUT2D eigenvalue weighted by atomic mass is 9.70. The van der Waals surface area contributed by atoms with E-state index in [1.807, 2.05) is 13.8 Å². The van der Waals surface area contributed by atoms with Crippen molar-refractivity contribution in [2.45, 2.75) is 52.2 Å². The molecule has 0 bridgehead atoms. The van der Waals surface area contributed by atoms with Crippen LogP contribution in [-0.2, 0) is 9.47 Å². The summed E-state index contributed by atoms with van der Waals surface area (Å²) in [5, 5.41) is 13.0. The molecule has 18 heavy (non-hydrogen) atoms. The molecular weight excluding hydrogens is 230 g/mol. The molecule has 4 heteroatoms. The highest BCUT2D eigenvalue weighted by Gasteiger charge is 2.31. The topological polar surface area (TPSA) is 50.7 Å². The van der Waals surface area contributed by atoms with E-state index in [1.165, 1.54) is 19.3 Å². The van der Waals surface area contributed by atoms with Crippen molar-refractivity contribution in [1.29, 1.82) is 0 Å². The van der Waals surface area contributed by atoms with Crippen molar-refractivity contribution in [3.8, 4) is 0 Å². The third-order valence-corrected chi connectivity index (χ3v) is 3.48. The number of aliphatic hydroxyl groups excluding tert-OH is 1. The number of nitrogens with one attached hydrogen (secondary N) is 1. The number of aliphatic hydroxyl groups is 1. The van der Waals surface area contributed by atoms with Crippen LogP contribution < -0.4 is 5.32 Å². The van der Waals surface area contributed by atoms with Crippen LogP contribution in [-0.4, -0.2) is 50.2 Å². The standard InChI is InChI=1S/C14H29NO3/c1-12(2)18-8-7-17-10-13(16)9-15-11-14(3)5-4-6-14/h12-13,15-16H,4-11H2,1-3H3. The molecule has 0 amide bonds. The summed E-state index contributed by atoms with van der Waals surface area (Å²) < 4.78 is 10.7. The Labute approximate surface area is 111 Å². The van der Waals surface area contributed by atoms with E-state index in [1.54, 1.807) is 0 Å². The molecule has 1 fully saturated rings. The molecule has 0 spiro atoms. The Morgan fingerprint density at radius 2 is 2.00 bits per heavy atom. The van der Waals surface area contributed by atoms with Gasteiger partial charge in [0.25, 0.3) is 0 Å². The van der Waals surface area contributed by atoms with Crippen LogP contribution in [0, 0.1) is 5.41 Å². The number of hydrogen-bond acceptors (Lipinski definition) is 4. The van der Waals surface area contributed by atoms with Crippen molar-refractivity contribution in [3.63, 3.8) is 0 Å². The van der Waals surface area contributed by atoms with Gasteiger partial charge in [-0.2, -0.15) is 0 Å². The Morgan fingerprint density at radius 3 is 2.56 bits per heavy atom. The predicted molar refractivity (Wildman–Crippen MR) is 72.7 cm³/mol. The van der Waals surface area contributed by atoms with Crippen molar-refractivity contribution in [2.24, 2.45) is 5.41 Å². The Kier molecular flexibility index (Phi) is 7.15. The fraction of sp³-hybridized carbons (Fsp3) is 1.00. The maximum Gasteiger partial charge on any atom is 0.0897 e. The highest BCUT2D eigenvalue weighted by molar-refractivity contribution is 4.85. The van der Waals surface area contributed by atoms with Crippen LogP contribution >= 0.6 is 0 Å². The summed E-state index contributed by atoms with van der Waals surface area (Å²) in [5.74, 6) is 0. The molecule has 0 saturated heterocycles. The average molecular weight is 259 g/mol.